The molecule has 0 bridgehead atoms. The third-order valence-electron chi connectivity index (χ3n) is 3.64. The van der Waals surface area contributed by atoms with E-state index in [1.165, 1.54) is 4.31 Å². The van der Waals surface area contributed by atoms with Crippen molar-refractivity contribution in [2.24, 2.45) is 0 Å². The molecule has 0 aromatic carbocycles. The fraction of sp³-hybridized carbons (Fsp3) is 0.750. The van der Waals surface area contributed by atoms with Crippen LogP contribution in [0.1, 0.15) is 44.5 Å². The summed E-state index contributed by atoms with van der Waals surface area (Å²) in [6.07, 6.45) is 6.36. The van der Waals surface area contributed by atoms with E-state index in [1.54, 1.807) is 12.4 Å². The molecule has 0 radical (unpaired) electrons. The summed E-state index contributed by atoms with van der Waals surface area (Å²) in [6, 6.07) is -0.702. The van der Waals surface area contributed by atoms with Crippen LogP contribution >= 0.6 is 0 Å². The normalized spacial score (nSPS) is 22.8. The van der Waals surface area contributed by atoms with E-state index in [0.717, 1.165) is 12.8 Å². The molecule has 114 valence electrons. The minimum absolute atomic E-state index is 0.140. The Bertz CT molecular complexity index is 503. The average Bonchev–Trinajstić information content (AvgIpc) is 2.98. The molecule has 0 aliphatic carbocycles. The summed E-state index contributed by atoms with van der Waals surface area (Å²) in [5.74, 6) is 0.605. The smallest absolute Gasteiger partial charge is 0.280 e. The van der Waals surface area contributed by atoms with E-state index < -0.39 is 10.2 Å². The summed E-state index contributed by atoms with van der Waals surface area (Å²) >= 11 is 0. The Morgan fingerprint density at radius 3 is 3.00 bits per heavy atom. The second kappa shape index (κ2) is 6.66. The van der Waals surface area contributed by atoms with Gasteiger partial charge in [-0.15, -0.1) is 0 Å². The maximum Gasteiger partial charge on any atom is 0.280 e. The Morgan fingerprint density at radius 1 is 1.60 bits per heavy atom. The van der Waals surface area contributed by atoms with Crippen molar-refractivity contribution in [1.82, 2.24) is 19.0 Å². The Balaban J connectivity index is 2.13. The van der Waals surface area contributed by atoms with E-state index in [4.69, 9.17) is 0 Å². The number of aromatic amines is 1. The number of nitrogens with one attached hydrogen (secondary N) is 2. The van der Waals surface area contributed by atoms with Gasteiger partial charge in [-0.05, 0) is 19.3 Å². The Hall–Kier alpha value is -0.960. The Labute approximate surface area is 119 Å². The number of hydrogen-bond acceptors (Lipinski definition) is 4. The van der Waals surface area contributed by atoms with Crippen molar-refractivity contribution in [1.29, 1.82) is 0 Å². The summed E-state index contributed by atoms with van der Waals surface area (Å²) in [5.41, 5.74) is 0. The first kappa shape index (κ1) is 15.4. The van der Waals surface area contributed by atoms with Gasteiger partial charge in [-0.2, -0.15) is 17.4 Å². The van der Waals surface area contributed by atoms with Crippen LogP contribution in [0.3, 0.4) is 0 Å². The Kier molecular flexibility index (Phi) is 5.14. The topological polar surface area (TPSA) is 98.3 Å². The van der Waals surface area contributed by atoms with Crippen LogP contribution < -0.4 is 4.72 Å². The highest BCUT2D eigenvalue weighted by atomic mass is 32.2. The maximum absolute atomic E-state index is 12.5. The number of aromatic nitrogens is 2. The average molecular weight is 302 g/mol. The van der Waals surface area contributed by atoms with Crippen molar-refractivity contribution in [3.8, 4) is 0 Å². The van der Waals surface area contributed by atoms with Crippen LogP contribution in [0, 0.1) is 0 Å². The number of imidazole rings is 1. The van der Waals surface area contributed by atoms with E-state index in [0.29, 0.717) is 25.2 Å². The first-order valence-corrected chi connectivity index (χ1v) is 8.41. The molecule has 0 saturated carbocycles. The fourth-order valence-corrected chi connectivity index (χ4v) is 4.23. The van der Waals surface area contributed by atoms with E-state index in [1.807, 2.05) is 6.92 Å². The van der Waals surface area contributed by atoms with Crippen molar-refractivity contribution >= 4 is 10.2 Å². The molecule has 0 spiro atoms. The van der Waals surface area contributed by atoms with Crippen LogP contribution in [0.2, 0.25) is 0 Å². The quantitative estimate of drug-likeness (QED) is 0.714. The number of piperidine rings is 1. The summed E-state index contributed by atoms with van der Waals surface area (Å²) in [4.78, 5) is 7.04. The monoisotopic (exact) mass is 302 g/mol. The van der Waals surface area contributed by atoms with Gasteiger partial charge in [0.25, 0.3) is 10.2 Å². The molecule has 20 heavy (non-hydrogen) atoms. The molecule has 2 unspecified atom stereocenters. The molecule has 2 atom stereocenters. The largest absolute Gasteiger partial charge is 0.395 e. The first-order chi connectivity index (χ1) is 9.58. The molecule has 8 heteroatoms. The molecular formula is C12H22N4O3S. The summed E-state index contributed by atoms with van der Waals surface area (Å²) in [7, 11) is -3.62. The van der Waals surface area contributed by atoms with Gasteiger partial charge in [0.1, 0.15) is 5.82 Å². The molecule has 0 amide bonds. The van der Waals surface area contributed by atoms with E-state index in [9.17, 15) is 13.5 Å². The van der Waals surface area contributed by atoms with Gasteiger partial charge in [-0.25, -0.2) is 4.98 Å². The van der Waals surface area contributed by atoms with Crippen molar-refractivity contribution in [2.75, 3.05) is 13.2 Å². The minimum atomic E-state index is -3.62. The molecular weight excluding hydrogens is 280 g/mol. The molecule has 1 aromatic rings. The van der Waals surface area contributed by atoms with Gasteiger partial charge in [0.05, 0.1) is 12.6 Å². The number of hydrogen-bond donors (Lipinski definition) is 3. The van der Waals surface area contributed by atoms with Crippen molar-refractivity contribution < 1.29 is 13.5 Å². The van der Waals surface area contributed by atoms with Crippen molar-refractivity contribution in [2.45, 2.75) is 44.7 Å². The fourth-order valence-electron chi connectivity index (χ4n) is 2.52. The maximum atomic E-state index is 12.5. The molecule has 1 aromatic heterocycles. The number of H-pyrrole nitrogens is 1. The zero-order valence-corrected chi connectivity index (χ0v) is 12.4. The van der Waals surface area contributed by atoms with E-state index in [-0.39, 0.29) is 18.7 Å². The second-order valence-corrected chi connectivity index (χ2v) is 6.66. The summed E-state index contributed by atoms with van der Waals surface area (Å²) < 4.78 is 29.0. The predicted molar refractivity (Wildman–Crippen MR) is 75.1 cm³/mol. The SMILES string of the molecule is CCC(NS(=O)(=O)N1CCCCC1CO)c1ncc[nH]1. The molecule has 1 aliphatic heterocycles. The van der Waals surface area contributed by atoms with Crippen molar-refractivity contribution in [3.63, 3.8) is 0 Å². The van der Waals surface area contributed by atoms with Crippen LogP contribution in [0.4, 0.5) is 0 Å². The van der Waals surface area contributed by atoms with E-state index >= 15 is 0 Å². The molecule has 1 saturated heterocycles. The Morgan fingerprint density at radius 2 is 2.40 bits per heavy atom. The summed E-state index contributed by atoms with van der Waals surface area (Å²) in [5, 5.41) is 9.35. The zero-order chi connectivity index (χ0) is 14.6. The van der Waals surface area contributed by atoms with Crippen LogP contribution in [-0.2, 0) is 10.2 Å². The third kappa shape index (κ3) is 3.38. The molecule has 2 heterocycles. The lowest BCUT2D eigenvalue weighted by molar-refractivity contribution is 0.153. The molecule has 2 rings (SSSR count). The highest BCUT2D eigenvalue weighted by Crippen LogP contribution is 2.22. The predicted octanol–water partition coefficient (Wildman–Crippen LogP) is 0.542. The third-order valence-corrected chi connectivity index (χ3v) is 5.32. The lowest BCUT2D eigenvalue weighted by Crippen LogP contribution is -2.51. The van der Waals surface area contributed by atoms with Gasteiger partial charge < -0.3 is 10.1 Å². The molecule has 1 fully saturated rings. The summed E-state index contributed by atoms with van der Waals surface area (Å²) in [6.45, 7) is 2.21. The van der Waals surface area contributed by atoms with Gasteiger partial charge in [0, 0.05) is 25.0 Å². The van der Waals surface area contributed by atoms with Gasteiger partial charge in [-0.1, -0.05) is 13.3 Å². The second-order valence-electron chi connectivity index (χ2n) is 5.00. The standard InChI is InChI=1S/C12H22N4O3S/c1-2-11(12-13-6-7-14-12)15-20(18,19)16-8-4-3-5-10(16)9-17/h6-7,10-11,15,17H,2-5,8-9H2,1H3,(H,13,14). The number of nitrogens with zero attached hydrogens (tertiary/aromatic N) is 2. The molecule has 3 N–H and O–H groups in total. The minimum Gasteiger partial charge on any atom is -0.395 e. The van der Waals surface area contributed by atoms with Crippen LogP contribution in [-0.4, -0.2) is 47.0 Å². The van der Waals surface area contributed by atoms with E-state index in [2.05, 4.69) is 14.7 Å². The van der Waals surface area contributed by atoms with Crippen LogP contribution in [0.5, 0.6) is 0 Å². The van der Waals surface area contributed by atoms with Crippen LogP contribution in [0.25, 0.3) is 0 Å². The first-order valence-electron chi connectivity index (χ1n) is 6.97. The molecule has 1 aliphatic rings. The van der Waals surface area contributed by atoms with Gasteiger partial charge in [0.2, 0.25) is 0 Å². The highest BCUT2D eigenvalue weighted by Gasteiger charge is 2.33. The zero-order valence-electron chi connectivity index (χ0n) is 11.6. The van der Waals surface area contributed by atoms with Gasteiger partial charge >= 0.3 is 0 Å². The molecule has 7 nitrogen and oxygen atoms in total. The lowest BCUT2D eigenvalue weighted by atomic mass is 10.1. The number of aliphatic hydroxyl groups is 1. The van der Waals surface area contributed by atoms with Crippen molar-refractivity contribution in [3.05, 3.63) is 18.2 Å². The lowest BCUT2D eigenvalue weighted by Gasteiger charge is -2.34. The number of aliphatic hydroxyl groups excluding tert-OH is 1. The highest BCUT2D eigenvalue weighted by molar-refractivity contribution is 7.87. The van der Waals surface area contributed by atoms with Gasteiger partial charge in [0.15, 0.2) is 0 Å². The number of rotatable bonds is 6. The van der Waals surface area contributed by atoms with Gasteiger partial charge in [-0.3, -0.25) is 0 Å². The van der Waals surface area contributed by atoms with Crippen LogP contribution in [0.15, 0.2) is 12.4 Å².